The molecule has 39 heavy (non-hydrogen) atoms. The number of ether oxygens (including phenoxy) is 1. The molecule has 1 unspecified atom stereocenters. The minimum Gasteiger partial charge on any atom is -0.452 e. The molecule has 1 atom stereocenters. The maximum Gasteiger partial charge on any atom is 0.416 e. The second-order valence-corrected chi connectivity index (χ2v) is 10.9. The van der Waals surface area contributed by atoms with E-state index in [-0.39, 0.29) is 17.2 Å². The fourth-order valence-electron chi connectivity index (χ4n) is 4.41. The van der Waals surface area contributed by atoms with E-state index in [1.165, 1.54) is 0 Å². The molecule has 2 aromatic rings. The number of rotatable bonds is 8. The molecule has 15 heteroatoms. The number of nitrogens with one attached hydrogen (secondary N) is 3. The molecule has 0 bridgehead atoms. The molecule has 212 valence electrons. The van der Waals surface area contributed by atoms with Gasteiger partial charge in [-0.2, -0.15) is 21.6 Å². The molecule has 1 saturated heterocycles. The van der Waals surface area contributed by atoms with Crippen LogP contribution in [0.5, 0.6) is 5.75 Å². The summed E-state index contributed by atoms with van der Waals surface area (Å²) in [7, 11) is -4.39. The molecule has 0 aromatic heterocycles. The number of benzene rings is 2. The molecule has 0 saturated carbocycles. The Morgan fingerprint density at radius 1 is 1.13 bits per heavy atom. The Kier molecular flexibility index (Phi) is 8.23. The van der Waals surface area contributed by atoms with Crippen molar-refractivity contribution in [2.24, 2.45) is 5.92 Å². The molecule has 4 rings (SSSR count). The molecule has 6 N–H and O–H groups in total. The van der Waals surface area contributed by atoms with Crippen molar-refractivity contribution >= 4 is 33.3 Å². The van der Waals surface area contributed by atoms with Crippen molar-refractivity contribution < 1.29 is 40.5 Å². The Hall–Kier alpha value is -3.56. The number of likely N-dealkylation sites (tertiary alicyclic amines) is 1. The van der Waals surface area contributed by atoms with Crippen LogP contribution < -0.4 is 26.4 Å². The lowest BCUT2D eigenvalue weighted by molar-refractivity contribution is -0.137. The Morgan fingerprint density at radius 3 is 2.51 bits per heavy atom. The van der Waals surface area contributed by atoms with Crippen molar-refractivity contribution in [3.05, 3.63) is 53.1 Å². The molecule has 11 nitrogen and oxygen atoms in total. The zero-order chi connectivity index (χ0) is 28.4. The first-order valence-corrected chi connectivity index (χ1v) is 13.6. The van der Waals surface area contributed by atoms with E-state index in [0.717, 1.165) is 43.6 Å². The van der Waals surface area contributed by atoms with E-state index < -0.39 is 45.8 Å². The van der Waals surface area contributed by atoms with Crippen molar-refractivity contribution in [3.63, 3.8) is 0 Å². The smallest absolute Gasteiger partial charge is 0.416 e. The average Bonchev–Trinajstić information content (AvgIpc) is 3.31. The van der Waals surface area contributed by atoms with Crippen molar-refractivity contribution in [3.8, 4) is 5.75 Å². The van der Waals surface area contributed by atoms with Crippen molar-refractivity contribution in [1.82, 2.24) is 15.5 Å². The van der Waals surface area contributed by atoms with Crippen LogP contribution in [0.25, 0.3) is 0 Å². The van der Waals surface area contributed by atoms with Gasteiger partial charge in [0.1, 0.15) is 5.75 Å². The summed E-state index contributed by atoms with van der Waals surface area (Å²) in [5.41, 5.74) is 4.03. The van der Waals surface area contributed by atoms with E-state index in [0.29, 0.717) is 30.6 Å². The van der Waals surface area contributed by atoms with Crippen molar-refractivity contribution in [2.75, 3.05) is 37.2 Å². The highest BCUT2D eigenvalue weighted by Crippen LogP contribution is 2.34. The monoisotopic (exact) mass is 571 g/mol. The summed E-state index contributed by atoms with van der Waals surface area (Å²) in [4.78, 5) is 26.7. The van der Waals surface area contributed by atoms with Gasteiger partial charge in [-0.1, -0.05) is 6.07 Å². The number of anilines is 2. The predicted molar refractivity (Wildman–Crippen MR) is 135 cm³/mol. The lowest BCUT2D eigenvalue weighted by Gasteiger charge is -2.32. The van der Waals surface area contributed by atoms with Gasteiger partial charge >= 0.3 is 16.3 Å². The molecular weight excluding hydrogens is 543 g/mol. The number of fused-ring (bicyclic) bond motifs is 1. The number of nitrogens with zero attached hydrogens (tertiary/aromatic N) is 1. The Balaban J connectivity index is 1.18. The minimum absolute atomic E-state index is 0.126. The topological polar surface area (TPSA) is 163 Å². The molecule has 2 amide bonds. The number of nitrogen functional groups attached to an aromatic ring is 1. The number of amides is 2. The second-order valence-electron chi connectivity index (χ2n) is 9.45. The van der Waals surface area contributed by atoms with Gasteiger partial charge in [0.25, 0.3) is 11.5 Å². The molecule has 0 aliphatic carbocycles. The second kappa shape index (κ2) is 11.3. The highest BCUT2D eigenvalue weighted by Gasteiger charge is 2.33. The van der Waals surface area contributed by atoms with Gasteiger partial charge in [-0.25, -0.2) is 0 Å². The summed E-state index contributed by atoms with van der Waals surface area (Å²) in [6, 6.07) is 7.67. The maximum absolute atomic E-state index is 12.9. The molecule has 0 spiro atoms. The van der Waals surface area contributed by atoms with Gasteiger partial charge in [0.2, 0.25) is 5.91 Å². The number of alkyl halides is 3. The van der Waals surface area contributed by atoms with E-state index in [4.69, 9.17) is 15.0 Å². The van der Waals surface area contributed by atoms with Gasteiger partial charge in [0.05, 0.1) is 23.4 Å². The van der Waals surface area contributed by atoms with E-state index >= 15 is 0 Å². The first-order chi connectivity index (χ1) is 18.3. The van der Waals surface area contributed by atoms with Gasteiger partial charge in [-0.3, -0.25) is 19.0 Å². The summed E-state index contributed by atoms with van der Waals surface area (Å²) in [6.07, 6.45) is -3.01. The third-order valence-electron chi connectivity index (χ3n) is 6.56. The lowest BCUT2D eigenvalue weighted by Crippen LogP contribution is -2.41. The largest absolute Gasteiger partial charge is 0.452 e. The first kappa shape index (κ1) is 28.4. The van der Waals surface area contributed by atoms with E-state index in [1.54, 1.807) is 12.1 Å². The van der Waals surface area contributed by atoms with Gasteiger partial charge in [0, 0.05) is 18.8 Å². The summed E-state index contributed by atoms with van der Waals surface area (Å²) >= 11 is 0. The van der Waals surface area contributed by atoms with E-state index in [9.17, 15) is 31.2 Å². The van der Waals surface area contributed by atoms with Crippen LogP contribution in [0.15, 0.2) is 36.4 Å². The van der Waals surface area contributed by atoms with Crippen molar-refractivity contribution in [1.29, 1.82) is 0 Å². The Bertz CT molecular complexity index is 1350. The normalized spacial score (nSPS) is 18.1. The highest BCUT2D eigenvalue weighted by atomic mass is 32.2. The molecular formula is C24H28F3N5O6S. The van der Waals surface area contributed by atoms with Crippen molar-refractivity contribution in [2.45, 2.75) is 31.1 Å². The fourth-order valence-corrected chi connectivity index (χ4v) is 4.91. The zero-order valence-corrected chi connectivity index (χ0v) is 21.4. The first-order valence-electron chi connectivity index (χ1n) is 12.1. The third kappa shape index (κ3) is 7.30. The fraction of sp³-hybridized carbons (Fsp3) is 0.417. The zero-order valence-electron chi connectivity index (χ0n) is 20.6. The lowest BCUT2D eigenvalue weighted by atomic mass is 9.96. The molecule has 2 heterocycles. The molecule has 2 aliphatic heterocycles. The Morgan fingerprint density at radius 2 is 1.85 bits per heavy atom. The number of halogens is 3. The molecule has 0 radical (unpaired) electrons. The molecule has 2 aliphatic rings. The average molecular weight is 572 g/mol. The Labute approximate surface area is 222 Å². The highest BCUT2D eigenvalue weighted by molar-refractivity contribution is 7.86. The number of carbonyl (C=O) groups excluding carboxylic acids is 2. The number of hydrogen-bond acceptors (Lipinski definition) is 8. The number of piperidine rings is 1. The number of carbonyl (C=O) groups is 2. The van der Waals surface area contributed by atoms with Crippen LogP contribution >= 0.6 is 0 Å². The summed E-state index contributed by atoms with van der Waals surface area (Å²) in [5, 5.41) is 7.67. The van der Waals surface area contributed by atoms with Gasteiger partial charge < -0.3 is 26.4 Å². The van der Waals surface area contributed by atoms with Crippen LogP contribution in [0.1, 0.15) is 34.3 Å². The van der Waals surface area contributed by atoms with E-state index in [1.807, 2.05) is 6.07 Å². The van der Waals surface area contributed by atoms with Crippen LogP contribution in [0.3, 0.4) is 0 Å². The van der Waals surface area contributed by atoms with Gasteiger partial charge in [0.15, 0.2) is 0 Å². The SMILES string of the molecule is Nc1ccc(C(F)(F)F)cc1C(=O)NCC(=O)NCC1CCN(Cc2ccc3c(c2)NC(S(=O)(=O)O)O3)CC1. The third-order valence-corrected chi connectivity index (χ3v) is 7.31. The molecule has 1 fully saturated rings. The predicted octanol–water partition coefficient (Wildman–Crippen LogP) is 2.02. The van der Waals surface area contributed by atoms with E-state index in [2.05, 4.69) is 20.9 Å². The van der Waals surface area contributed by atoms with Crippen LogP contribution in [0.2, 0.25) is 0 Å². The number of nitrogens with two attached hydrogens (primary N) is 1. The van der Waals surface area contributed by atoms with Crippen LogP contribution in [0.4, 0.5) is 24.5 Å². The standard InChI is InChI=1S/C24H28F3N5O6S/c25-24(26,27)16-2-3-18(28)17(10-16)22(34)30-12-21(33)29-11-14-5-7-32(8-6-14)13-15-1-4-20-19(9-15)31-23(38-20)39(35,36)37/h1-4,9-10,14,23,31H,5-8,11-13,28H2,(H,29,33)(H,30,34)(H,35,36,37). The summed E-state index contributed by atoms with van der Waals surface area (Å²) < 4.78 is 75.6. The van der Waals surface area contributed by atoms with Gasteiger partial charge in [-0.15, -0.1) is 0 Å². The number of hydrogen-bond donors (Lipinski definition) is 5. The van der Waals surface area contributed by atoms with Crippen LogP contribution in [-0.2, 0) is 27.6 Å². The maximum atomic E-state index is 12.9. The molecule has 2 aromatic carbocycles. The quantitative estimate of drug-likeness (QED) is 0.236. The van der Waals surface area contributed by atoms with Crippen LogP contribution in [0, 0.1) is 5.92 Å². The summed E-state index contributed by atoms with van der Waals surface area (Å²) in [6.45, 7) is 2.14. The summed E-state index contributed by atoms with van der Waals surface area (Å²) in [5.74, 6) is -0.785. The van der Waals surface area contributed by atoms with Crippen LogP contribution in [-0.4, -0.2) is 61.4 Å². The minimum atomic E-state index is -4.63. The van der Waals surface area contributed by atoms with Gasteiger partial charge in [-0.05, 0) is 67.7 Å².